The van der Waals surface area contributed by atoms with E-state index in [9.17, 15) is 18.0 Å². The number of alkyl halides is 2. The third-order valence-electron chi connectivity index (χ3n) is 7.52. The van der Waals surface area contributed by atoms with Crippen molar-refractivity contribution in [2.45, 2.75) is 31.9 Å². The van der Waals surface area contributed by atoms with Crippen molar-refractivity contribution in [3.63, 3.8) is 0 Å². The van der Waals surface area contributed by atoms with Gasteiger partial charge in [0.25, 0.3) is 5.89 Å². The fourth-order valence-corrected chi connectivity index (χ4v) is 5.36. The Kier molecular flexibility index (Phi) is 6.94. The summed E-state index contributed by atoms with van der Waals surface area (Å²) in [5, 5.41) is 6.79. The number of imidazole rings is 1. The lowest BCUT2D eigenvalue weighted by Crippen LogP contribution is -2.36. The number of nitrogens with zero attached hydrogens (tertiary/aromatic N) is 5. The summed E-state index contributed by atoms with van der Waals surface area (Å²) in [6, 6.07) is 12.2. The molecule has 2 aromatic heterocycles. The lowest BCUT2D eigenvalue weighted by molar-refractivity contribution is 0.116. The fraction of sp³-hybridized carbons (Fsp3) is 0.276. The molecule has 7 nitrogen and oxygen atoms in total. The van der Waals surface area contributed by atoms with Crippen LogP contribution < -0.4 is 5.69 Å². The number of aromatic nitrogens is 4. The number of hydrogen-bond donors (Lipinski definition) is 0. The van der Waals surface area contributed by atoms with E-state index in [-0.39, 0.29) is 46.2 Å². The van der Waals surface area contributed by atoms with Crippen LogP contribution in [0, 0.1) is 17.5 Å². The van der Waals surface area contributed by atoms with Gasteiger partial charge in [0.1, 0.15) is 17.5 Å². The zero-order valence-electron chi connectivity index (χ0n) is 21.8. The molecule has 1 saturated heterocycles. The first-order chi connectivity index (χ1) is 19.7. The van der Waals surface area contributed by atoms with Crippen molar-refractivity contribution in [3.8, 4) is 22.6 Å². The molecule has 3 heterocycles. The topological polar surface area (TPSA) is 69.1 Å². The van der Waals surface area contributed by atoms with Crippen LogP contribution in [0.4, 0.5) is 22.0 Å². The second-order valence-electron chi connectivity index (χ2n) is 10.1. The van der Waals surface area contributed by atoms with Gasteiger partial charge in [0.2, 0.25) is 5.89 Å². The van der Waals surface area contributed by atoms with Crippen molar-refractivity contribution in [3.05, 3.63) is 94.0 Å². The molecule has 212 valence electrons. The molecule has 41 heavy (non-hydrogen) atoms. The highest BCUT2D eigenvalue weighted by Crippen LogP contribution is 2.33. The van der Waals surface area contributed by atoms with Gasteiger partial charge in [-0.05, 0) is 57.2 Å². The molecule has 0 N–H and O–H groups in total. The maximum atomic E-state index is 15.5. The van der Waals surface area contributed by atoms with Gasteiger partial charge in [0.05, 0.1) is 17.6 Å². The highest BCUT2D eigenvalue weighted by atomic mass is 19.3. The number of likely N-dealkylation sites (tertiary alicyclic amines) is 1. The normalized spacial score (nSPS) is 14.9. The molecular formula is C29H24F5N5O2. The Hall–Kier alpha value is -4.32. The van der Waals surface area contributed by atoms with E-state index in [0.29, 0.717) is 18.4 Å². The monoisotopic (exact) mass is 569 g/mol. The van der Waals surface area contributed by atoms with E-state index < -0.39 is 35.5 Å². The number of hydrogen-bond acceptors (Lipinski definition) is 5. The third-order valence-corrected chi connectivity index (χ3v) is 7.52. The van der Waals surface area contributed by atoms with Crippen LogP contribution in [0.15, 0.2) is 63.8 Å². The van der Waals surface area contributed by atoms with Crippen LogP contribution in [0.5, 0.6) is 0 Å². The molecule has 0 unspecified atom stereocenters. The molecule has 12 heteroatoms. The quantitative estimate of drug-likeness (QED) is 0.228. The summed E-state index contributed by atoms with van der Waals surface area (Å²) in [6.07, 6.45) is -1.61. The Balaban J connectivity index is 1.45. The fourth-order valence-electron chi connectivity index (χ4n) is 5.36. The zero-order chi connectivity index (χ0) is 28.8. The van der Waals surface area contributed by atoms with Crippen molar-refractivity contribution in [1.82, 2.24) is 24.2 Å². The molecule has 1 aliphatic rings. The van der Waals surface area contributed by atoms with Crippen LogP contribution in [-0.2, 0) is 6.54 Å². The number of piperidine rings is 1. The molecule has 5 aromatic rings. The van der Waals surface area contributed by atoms with Crippen LogP contribution in [0.1, 0.15) is 36.8 Å². The average Bonchev–Trinajstić information content (AvgIpc) is 3.54. The second kappa shape index (κ2) is 10.6. The molecule has 0 spiro atoms. The molecule has 3 aromatic carbocycles. The molecule has 0 saturated carbocycles. The molecule has 0 atom stereocenters. The summed E-state index contributed by atoms with van der Waals surface area (Å²) < 4.78 is 78.8. The van der Waals surface area contributed by atoms with Gasteiger partial charge in [-0.2, -0.15) is 8.78 Å². The van der Waals surface area contributed by atoms with Crippen molar-refractivity contribution in [2.24, 2.45) is 0 Å². The maximum Gasteiger partial charge on any atom is 0.329 e. The van der Waals surface area contributed by atoms with Gasteiger partial charge in [-0.3, -0.25) is 9.13 Å². The first-order valence-corrected chi connectivity index (χ1v) is 13.0. The third kappa shape index (κ3) is 4.92. The first-order valence-electron chi connectivity index (χ1n) is 13.0. The number of fused-ring (bicyclic) bond motifs is 1. The maximum absolute atomic E-state index is 15.5. The van der Waals surface area contributed by atoms with Gasteiger partial charge in [0, 0.05) is 34.4 Å². The van der Waals surface area contributed by atoms with E-state index in [2.05, 4.69) is 15.1 Å². The summed E-state index contributed by atoms with van der Waals surface area (Å²) in [4.78, 5) is 16.0. The van der Waals surface area contributed by atoms with Gasteiger partial charge in [0.15, 0.2) is 0 Å². The lowest BCUT2D eigenvalue weighted by atomic mass is 10.0. The van der Waals surface area contributed by atoms with Gasteiger partial charge in [-0.15, -0.1) is 10.2 Å². The Bertz CT molecular complexity index is 1800. The molecule has 0 amide bonds. The molecular weight excluding hydrogens is 545 g/mol. The van der Waals surface area contributed by atoms with E-state index in [1.54, 1.807) is 10.6 Å². The van der Waals surface area contributed by atoms with Gasteiger partial charge < -0.3 is 9.32 Å². The molecule has 0 radical (unpaired) electrons. The SMILES string of the molecule is CN1CCC(n2c(=O)n(Cc3ccc(-c4nnc(C(F)F)o4)cc3F)c3cc(F)c(-c4ccccc4F)cc32)CC1. The van der Waals surface area contributed by atoms with E-state index in [1.807, 2.05) is 7.05 Å². The van der Waals surface area contributed by atoms with Crippen molar-refractivity contribution in [1.29, 1.82) is 0 Å². The van der Waals surface area contributed by atoms with Crippen LogP contribution in [0.25, 0.3) is 33.6 Å². The van der Waals surface area contributed by atoms with Crippen LogP contribution >= 0.6 is 0 Å². The Morgan fingerprint density at radius 3 is 2.34 bits per heavy atom. The van der Waals surface area contributed by atoms with E-state index in [0.717, 1.165) is 19.2 Å². The Labute approximate surface area is 230 Å². The van der Waals surface area contributed by atoms with Crippen LogP contribution in [0.2, 0.25) is 0 Å². The predicted octanol–water partition coefficient (Wildman–Crippen LogP) is 6.19. The van der Waals surface area contributed by atoms with E-state index in [4.69, 9.17) is 4.42 Å². The molecule has 0 bridgehead atoms. The zero-order valence-corrected chi connectivity index (χ0v) is 21.8. The smallest absolute Gasteiger partial charge is 0.329 e. The molecule has 1 aliphatic heterocycles. The van der Waals surface area contributed by atoms with Crippen molar-refractivity contribution >= 4 is 11.0 Å². The summed E-state index contributed by atoms with van der Waals surface area (Å²) in [7, 11) is 1.99. The minimum atomic E-state index is -2.96. The largest absolute Gasteiger partial charge is 0.415 e. The number of halogens is 5. The van der Waals surface area contributed by atoms with Gasteiger partial charge >= 0.3 is 12.1 Å². The summed E-state index contributed by atoms with van der Waals surface area (Å²) >= 11 is 0. The molecule has 6 rings (SSSR count). The summed E-state index contributed by atoms with van der Waals surface area (Å²) in [5.41, 5.74) is 0.506. The van der Waals surface area contributed by atoms with Crippen molar-refractivity contribution in [2.75, 3.05) is 20.1 Å². The van der Waals surface area contributed by atoms with Gasteiger partial charge in [-0.25, -0.2) is 18.0 Å². The van der Waals surface area contributed by atoms with Crippen LogP contribution in [-0.4, -0.2) is 44.4 Å². The standard InChI is InChI=1S/C29H24F5N5O2/c1-37-10-8-18(9-11-37)39-25-13-20(19-4-2-3-5-21(19)30)23(32)14-24(25)38(29(39)40)15-17-7-6-16(12-22(17)31)27-35-36-28(41-27)26(33)34/h2-7,12-14,18,26H,8-11,15H2,1H3. The summed E-state index contributed by atoms with van der Waals surface area (Å²) in [6.45, 7) is 1.28. The van der Waals surface area contributed by atoms with E-state index in [1.165, 1.54) is 47.0 Å². The molecule has 1 fully saturated rings. The minimum Gasteiger partial charge on any atom is -0.415 e. The number of benzene rings is 3. The minimum absolute atomic E-state index is 0.0210. The van der Waals surface area contributed by atoms with Crippen LogP contribution in [0.3, 0.4) is 0 Å². The first kappa shape index (κ1) is 26.9. The van der Waals surface area contributed by atoms with Gasteiger partial charge in [-0.1, -0.05) is 24.3 Å². The van der Waals surface area contributed by atoms with E-state index >= 15 is 8.78 Å². The second-order valence-corrected chi connectivity index (χ2v) is 10.1. The average molecular weight is 570 g/mol. The lowest BCUT2D eigenvalue weighted by Gasteiger charge is -2.29. The highest BCUT2D eigenvalue weighted by Gasteiger charge is 2.26. The van der Waals surface area contributed by atoms with Crippen molar-refractivity contribution < 1.29 is 26.4 Å². The Morgan fingerprint density at radius 2 is 1.66 bits per heavy atom. The predicted molar refractivity (Wildman–Crippen MR) is 141 cm³/mol. The Morgan fingerprint density at radius 1 is 0.902 bits per heavy atom. The highest BCUT2D eigenvalue weighted by molar-refractivity contribution is 5.83. The number of rotatable bonds is 6. The molecule has 0 aliphatic carbocycles. The summed E-state index contributed by atoms with van der Waals surface area (Å²) in [5.74, 6) is -3.21.